The Labute approximate surface area is 177 Å². The number of hydrogen-bond acceptors (Lipinski definition) is 2. The minimum atomic E-state index is -1.62. The first-order valence-corrected chi connectivity index (χ1v) is 12.3. The van der Waals surface area contributed by atoms with Gasteiger partial charge in [-0.25, -0.2) is 0 Å². The SMILES string of the molecule is CC(C)c1cccc(C(C)C)c1OP(Cl)Oc1c(C(C)C)cccc1C(C)C. The van der Waals surface area contributed by atoms with Crippen molar-refractivity contribution >= 4 is 19.0 Å². The van der Waals surface area contributed by atoms with Gasteiger partial charge in [0, 0.05) is 0 Å². The van der Waals surface area contributed by atoms with Crippen LogP contribution in [0.15, 0.2) is 36.4 Å². The van der Waals surface area contributed by atoms with Crippen molar-refractivity contribution < 1.29 is 9.05 Å². The minimum Gasteiger partial charge on any atom is -0.427 e. The molecule has 0 fully saturated rings. The highest BCUT2D eigenvalue weighted by molar-refractivity contribution is 7.76. The van der Waals surface area contributed by atoms with Crippen LogP contribution in [0.4, 0.5) is 0 Å². The summed E-state index contributed by atoms with van der Waals surface area (Å²) in [5.74, 6) is 3.15. The number of hydrogen-bond donors (Lipinski definition) is 0. The summed E-state index contributed by atoms with van der Waals surface area (Å²) in [6.07, 6.45) is 0. The molecular formula is C24H34ClO2P. The maximum atomic E-state index is 6.68. The molecule has 2 aromatic rings. The topological polar surface area (TPSA) is 18.5 Å². The minimum absolute atomic E-state index is 0.350. The number of rotatable bonds is 8. The van der Waals surface area contributed by atoms with Crippen LogP contribution in [0.3, 0.4) is 0 Å². The lowest BCUT2D eigenvalue weighted by atomic mass is 9.94. The van der Waals surface area contributed by atoms with Gasteiger partial charge >= 0.3 is 7.73 Å². The molecule has 2 rings (SSSR count). The number of para-hydroxylation sites is 2. The van der Waals surface area contributed by atoms with Gasteiger partial charge in [0.1, 0.15) is 11.5 Å². The molecule has 0 spiro atoms. The predicted octanol–water partition coefficient (Wildman–Crippen LogP) is 9.10. The van der Waals surface area contributed by atoms with Crippen molar-refractivity contribution in [2.45, 2.75) is 79.1 Å². The van der Waals surface area contributed by atoms with Gasteiger partial charge in [-0.3, -0.25) is 0 Å². The Morgan fingerprint density at radius 3 is 1.04 bits per heavy atom. The van der Waals surface area contributed by atoms with Gasteiger partial charge in [0.05, 0.1) is 0 Å². The first-order valence-electron chi connectivity index (χ1n) is 10.2. The molecule has 0 amide bonds. The van der Waals surface area contributed by atoms with Crippen molar-refractivity contribution in [3.05, 3.63) is 58.7 Å². The second kappa shape index (κ2) is 9.99. The van der Waals surface area contributed by atoms with E-state index in [0.717, 1.165) is 11.5 Å². The number of halogens is 1. The fourth-order valence-electron chi connectivity index (χ4n) is 3.34. The Balaban J connectivity index is 2.40. The van der Waals surface area contributed by atoms with Gasteiger partial charge in [-0.1, -0.05) is 91.8 Å². The van der Waals surface area contributed by atoms with Crippen molar-refractivity contribution in [1.29, 1.82) is 0 Å². The van der Waals surface area contributed by atoms with Crippen molar-refractivity contribution in [1.82, 2.24) is 0 Å². The van der Waals surface area contributed by atoms with E-state index in [1.165, 1.54) is 22.3 Å². The van der Waals surface area contributed by atoms with Gasteiger partial charge in [-0.2, -0.15) is 0 Å². The molecule has 0 radical (unpaired) electrons. The summed E-state index contributed by atoms with van der Waals surface area (Å²) in [5, 5.41) is 0. The third-order valence-corrected chi connectivity index (χ3v) is 6.03. The van der Waals surface area contributed by atoms with E-state index in [2.05, 4.69) is 91.8 Å². The van der Waals surface area contributed by atoms with E-state index < -0.39 is 7.73 Å². The van der Waals surface area contributed by atoms with Gasteiger partial charge in [0.2, 0.25) is 0 Å². The molecule has 0 heterocycles. The van der Waals surface area contributed by atoms with Crippen molar-refractivity contribution in [2.24, 2.45) is 0 Å². The normalized spacial score (nSPS) is 11.9. The molecule has 2 nitrogen and oxygen atoms in total. The highest BCUT2D eigenvalue weighted by atomic mass is 35.7. The molecule has 0 atom stereocenters. The Morgan fingerprint density at radius 2 is 0.821 bits per heavy atom. The zero-order valence-electron chi connectivity index (χ0n) is 18.4. The lowest BCUT2D eigenvalue weighted by Gasteiger charge is -2.24. The molecule has 0 aromatic heterocycles. The largest absolute Gasteiger partial charge is 0.427 e. The van der Waals surface area contributed by atoms with E-state index in [9.17, 15) is 0 Å². The zero-order chi connectivity index (χ0) is 21.0. The summed E-state index contributed by atoms with van der Waals surface area (Å²) in [5.41, 5.74) is 4.68. The van der Waals surface area contributed by atoms with Crippen LogP contribution >= 0.6 is 19.0 Å². The summed E-state index contributed by atoms with van der Waals surface area (Å²) in [4.78, 5) is 0. The second-order valence-electron chi connectivity index (χ2n) is 8.55. The molecule has 0 unspecified atom stereocenters. The summed E-state index contributed by atoms with van der Waals surface area (Å²) in [7, 11) is -1.62. The van der Waals surface area contributed by atoms with E-state index in [0.29, 0.717) is 23.7 Å². The second-order valence-corrected chi connectivity index (χ2v) is 10.2. The van der Waals surface area contributed by atoms with E-state index >= 15 is 0 Å². The molecule has 0 aliphatic heterocycles. The predicted molar refractivity (Wildman–Crippen MR) is 123 cm³/mol. The Bertz CT molecular complexity index is 666. The molecular weight excluding hydrogens is 387 g/mol. The van der Waals surface area contributed by atoms with Crippen molar-refractivity contribution in [3.63, 3.8) is 0 Å². The Kier molecular flexibility index (Phi) is 8.22. The summed E-state index contributed by atoms with van der Waals surface area (Å²) in [6, 6.07) is 12.7. The Hall–Kier alpha value is -1.24. The summed E-state index contributed by atoms with van der Waals surface area (Å²) in [6.45, 7) is 17.4. The Morgan fingerprint density at radius 1 is 0.571 bits per heavy atom. The number of benzene rings is 2. The van der Waals surface area contributed by atoms with Crippen LogP contribution in [-0.4, -0.2) is 0 Å². The van der Waals surface area contributed by atoms with Gasteiger partial charge < -0.3 is 9.05 Å². The highest BCUT2D eigenvalue weighted by Crippen LogP contribution is 2.51. The zero-order valence-corrected chi connectivity index (χ0v) is 20.1. The van der Waals surface area contributed by atoms with Gasteiger partial charge in [0.25, 0.3) is 0 Å². The fourth-order valence-corrected chi connectivity index (χ4v) is 4.50. The molecule has 0 aliphatic rings. The molecule has 0 bridgehead atoms. The lowest BCUT2D eigenvalue weighted by Crippen LogP contribution is -2.04. The van der Waals surface area contributed by atoms with Crippen molar-refractivity contribution in [2.75, 3.05) is 0 Å². The van der Waals surface area contributed by atoms with Crippen LogP contribution in [0.2, 0.25) is 0 Å². The molecule has 0 aliphatic carbocycles. The van der Waals surface area contributed by atoms with Crippen LogP contribution < -0.4 is 9.05 Å². The third-order valence-electron chi connectivity index (χ3n) is 4.97. The molecule has 4 heteroatoms. The van der Waals surface area contributed by atoms with Gasteiger partial charge in [0.15, 0.2) is 0 Å². The van der Waals surface area contributed by atoms with E-state index in [1.807, 2.05) is 0 Å². The standard InChI is InChI=1S/C24H34ClO2P/c1-15(2)19-11-9-12-20(16(3)4)23(19)26-28(25)27-24-21(17(5)6)13-10-14-22(24)18(7)8/h9-18H,1-8H3. The fraction of sp³-hybridized carbons (Fsp3) is 0.500. The lowest BCUT2D eigenvalue weighted by molar-refractivity contribution is 0.485. The van der Waals surface area contributed by atoms with E-state index in [-0.39, 0.29) is 0 Å². The smallest absolute Gasteiger partial charge is 0.401 e. The van der Waals surface area contributed by atoms with Crippen molar-refractivity contribution in [3.8, 4) is 11.5 Å². The van der Waals surface area contributed by atoms with Crippen LogP contribution in [0, 0.1) is 0 Å². The quantitative estimate of drug-likeness (QED) is 0.396. The van der Waals surface area contributed by atoms with Crippen LogP contribution in [0.1, 0.15) is 101 Å². The summed E-state index contributed by atoms with van der Waals surface area (Å²) < 4.78 is 12.6. The average Bonchev–Trinajstić information content (AvgIpc) is 2.61. The summed E-state index contributed by atoms with van der Waals surface area (Å²) >= 11 is 6.68. The molecule has 154 valence electrons. The molecule has 2 aromatic carbocycles. The van der Waals surface area contributed by atoms with E-state index in [4.69, 9.17) is 20.3 Å². The maximum absolute atomic E-state index is 6.68. The average molecular weight is 421 g/mol. The molecule has 0 saturated carbocycles. The van der Waals surface area contributed by atoms with Crippen LogP contribution in [0.5, 0.6) is 11.5 Å². The monoisotopic (exact) mass is 420 g/mol. The first-order chi connectivity index (χ1) is 13.1. The molecule has 0 saturated heterocycles. The third kappa shape index (κ3) is 5.43. The maximum Gasteiger partial charge on any atom is 0.401 e. The van der Waals surface area contributed by atoms with Crippen LogP contribution in [-0.2, 0) is 0 Å². The van der Waals surface area contributed by atoms with E-state index in [1.54, 1.807) is 0 Å². The molecule has 28 heavy (non-hydrogen) atoms. The molecule has 0 N–H and O–H groups in total. The first kappa shape index (κ1) is 23.0. The van der Waals surface area contributed by atoms with Gasteiger partial charge in [-0.15, -0.1) is 0 Å². The highest BCUT2D eigenvalue weighted by Gasteiger charge is 2.23. The van der Waals surface area contributed by atoms with Gasteiger partial charge in [-0.05, 0) is 57.2 Å². The van der Waals surface area contributed by atoms with Crippen LogP contribution in [0.25, 0.3) is 0 Å².